The van der Waals surface area contributed by atoms with E-state index in [1.165, 1.54) is 12.8 Å². The lowest BCUT2D eigenvalue weighted by Crippen LogP contribution is -2.33. The monoisotopic (exact) mass is 390 g/mol. The fraction of sp³-hybridized carbons (Fsp3) is 0.571. The van der Waals surface area contributed by atoms with Crippen molar-refractivity contribution in [2.45, 2.75) is 51.8 Å². The maximum absolute atomic E-state index is 5.77. The molecule has 0 spiro atoms. The molecule has 0 aliphatic heterocycles. The van der Waals surface area contributed by atoms with Crippen LogP contribution < -0.4 is 15.8 Å². The summed E-state index contributed by atoms with van der Waals surface area (Å²) in [5.41, 5.74) is 6.55. The van der Waals surface area contributed by atoms with Crippen LogP contribution in [0.1, 0.15) is 39.2 Å². The predicted octanol–water partition coefficient (Wildman–Crippen LogP) is 2.44. The van der Waals surface area contributed by atoms with Crippen LogP contribution in [0.15, 0.2) is 23.3 Å². The third kappa shape index (κ3) is 6.40. The van der Waals surface area contributed by atoms with Gasteiger partial charge in [-0.2, -0.15) is 0 Å². The molecule has 0 bridgehead atoms. The molecular formula is C14H23IN4O. The smallest absolute Gasteiger partial charge is 0.213 e. The molecule has 1 aliphatic rings. The normalized spacial score (nSPS) is 15.4. The number of rotatable bonds is 4. The molecule has 2 rings (SSSR count). The third-order valence-corrected chi connectivity index (χ3v) is 2.57. The fourth-order valence-electron chi connectivity index (χ4n) is 1.54. The van der Waals surface area contributed by atoms with Crippen molar-refractivity contribution in [2.24, 2.45) is 10.7 Å². The van der Waals surface area contributed by atoms with E-state index < -0.39 is 0 Å². The number of nitrogens with one attached hydrogen (secondary N) is 1. The number of hydrogen-bond donors (Lipinski definition) is 2. The molecule has 0 saturated heterocycles. The number of hydrogen-bond acceptors (Lipinski definition) is 3. The summed E-state index contributed by atoms with van der Waals surface area (Å²) in [6.07, 6.45) is 4.15. The van der Waals surface area contributed by atoms with Crippen LogP contribution in [0.3, 0.4) is 0 Å². The number of guanidine groups is 1. The minimum Gasteiger partial charge on any atom is -0.472 e. The quantitative estimate of drug-likeness (QED) is 0.471. The Morgan fingerprint density at radius 1 is 1.45 bits per heavy atom. The highest BCUT2D eigenvalue weighted by molar-refractivity contribution is 14.0. The van der Waals surface area contributed by atoms with Gasteiger partial charge >= 0.3 is 0 Å². The molecule has 5 nitrogen and oxygen atoms in total. The molecule has 20 heavy (non-hydrogen) atoms. The molecule has 6 heteroatoms. The zero-order valence-electron chi connectivity index (χ0n) is 12.2. The summed E-state index contributed by atoms with van der Waals surface area (Å²) in [5, 5.41) is 3.15. The molecule has 1 aromatic rings. The van der Waals surface area contributed by atoms with E-state index in [2.05, 4.69) is 15.3 Å². The molecule has 1 fully saturated rings. The van der Waals surface area contributed by atoms with Crippen LogP contribution in [0, 0.1) is 0 Å². The van der Waals surface area contributed by atoms with E-state index in [0.717, 1.165) is 5.56 Å². The highest BCUT2D eigenvalue weighted by Crippen LogP contribution is 2.18. The zero-order chi connectivity index (χ0) is 13.9. The Hall–Kier alpha value is -1.05. The van der Waals surface area contributed by atoms with Crippen LogP contribution in [0.4, 0.5) is 0 Å². The average molecular weight is 390 g/mol. The average Bonchev–Trinajstić information content (AvgIpc) is 3.10. The maximum Gasteiger partial charge on any atom is 0.213 e. The second kappa shape index (κ2) is 7.10. The number of halogens is 1. The SMILES string of the molecule is CC(C)(C)Oc1ccc(CN=C(N)NC2CC2)cn1.I. The minimum atomic E-state index is -0.231. The summed E-state index contributed by atoms with van der Waals surface area (Å²) < 4.78 is 5.66. The van der Waals surface area contributed by atoms with E-state index in [-0.39, 0.29) is 29.6 Å². The van der Waals surface area contributed by atoms with E-state index in [1.807, 2.05) is 32.9 Å². The van der Waals surface area contributed by atoms with Crippen molar-refractivity contribution in [3.8, 4) is 5.88 Å². The molecule has 0 unspecified atom stereocenters. The number of nitrogens with two attached hydrogens (primary N) is 1. The van der Waals surface area contributed by atoms with Crippen molar-refractivity contribution in [2.75, 3.05) is 0 Å². The van der Waals surface area contributed by atoms with Crippen molar-refractivity contribution in [3.05, 3.63) is 23.9 Å². The number of pyridine rings is 1. The summed E-state index contributed by atoms with van der Waals surface area (Å²) in [7, 11) is 0. The second-order valence-electron chi connectivity index (χ2n) is 5.84. The van der Waals surface area contributed by atoms with Crippen LogP contribution in [0.2, 0.25) is 0 Å². The first-order valence-electron chi connectivity index (χ1n) is 6.63. The van der Waals surface area contributed by atoms with E-state index in [0.29, 0.717) is 24.4 Å². The molecule has 0 radical (unpaired) electrons. The number of nitrogens with zero attached hydrogens (tertiary/aromatic N) is 2. The summed E-state index contributed by atoms with van der Waals surface area (Å²) >= 11 is 0. The molecule has 1 heterocycles. The molecule has 0 aromatic carbocycles. The Balaban J connectivity index is 0.00000200. The predicted molar refractivity (Wildman–Crippen MR) is 91.5 cm³/mol. The third-order valence-electron chi connectivity index (χ3n) is 2.57. The first kappa shape index (κ1) is 17.0. The molecule has 1 aromatic heterocycles. The molecule has 0 amide bonds. The van der Waals surface area contributed by atoms with Gasteiger partial charge < -0.3 is 15.8 Å². The Labute approximate surface area is 137 Å². The van der Waals surface area contributed by atoms with Crippen LogP contribution in [-0.2, 0) is 6.54 Å². The zero-order valence-corrected chi connectivity index (χ0v) is 14.5. The van der Waals surface area contributed by atoms with Gasteiger partial charge in [-0.15, -0.1) is 24.0 Å². The van der Waals surface area contributed by atoms with Crippen molar-refractivity contribution >= 4 is 29.9 Å². The first-order valence-corrected chi connectivity index (χ1v) is 6.63. The lowest BCUT2D eigenvalue weighted by molar-refractivity contribution is 0.124. The standard InChI is InChI=1S/C14H22N4O.HI/c1-14(2,3)19-12-7-4-10(8-16-12)9-17-13(15)18-11-5-6-11;/h4,7-8,11H,5-6,9H2,1-3H3,(H3,15,17,18);1H. The molecular weight excluding hydrogens is 367 g/mol. The fourth-order valence-corrected chi connectivity index (χ4v) is 1.54. The van der Waals surface area contributed by atoms with Crippen molar-refractivity contribution in [1.29, 1.82) is 0 Å². The summed E-state index contributed by atoms with van der Waals surface area (Å²) in [6, 6.07) is 4.35. The lowest BCUT2D eigenvalue weighted by atomic mass is 10.2. The molecule has 112 valence electrons. The van der Waals surface area contributed by atoms with Gasteiger partial charge in [0.2, 0.25) is 5.88 Å². The van der Waals surface area contributed by atoms with Gasteiger partial charge in [0.05, 0.1) is 6.54 Å². The Bertz CT molecular complexity index is 449. The highest BCUT2D eigenvalue weighted by atomic mass is 127. The Kier molecular flexibility index (Phi) is 6.04. The Morgan fingerprint density at radius 3 is 2.65 bits per heavy atom. The minimum absolute atomic E-state index is 0. The maximum atomic E-state index is 5.77. The van der Waals surface area contributed by atoms with Gasteiger partial charge in [-0.25, -0.2) is 9.98 Å². The van der Waals surface area contributed by atoms with Crippen LogP contribution in [0.25, 0.3) is 0 Å². The van der Waals surface area contributed by atoms with Gasteiger partial charge in [0.1, 0.15) is 5.60 Å². The highest BCUT2D eigenvalue weighted by Gasteiger charge is 2.21. The summed E-state index contributed by atoms with van der Waals surface area (Å²) in [5.74, 6) is 1.14. The largest absolute Gasteiger partial charge is 0.472 e. The van der Waals surface area contributed by atoms with E-state index in [9.17, 15) is 0 Å². The first-order chi connectivity index (χ1) is 8.92. The van der Waals surface area contributed by atoms with Crippen LogP contribution >= 0.6 is 24.0 Å². The van der Waals surface area contributed by atoms with E-state index >= 15 is 0 Å². The Morgan fingerprint density at radius 2 is 2.15 bits per heavy atom. The summed E-state index contributed by atoms with van der Waals surface area (Å²) in [4.78, 5) is 8.54. The van der Waals surface area contributed by atoms with Crippen molar-refractivity contribution in [3.63, 3.8) is 0 Å². The van der Waals surface area contributed by atoms with Gasteiger partial charge in [0.15, 0.2) is 5.96 Å². The van der Waals surface area contributed by atoms with Crippen LogP contribution in [-0.4, -0.2) is 22.6 Å². The molecule has 1 saturated carbocycles. The van der Waals surface area contributed by atoms with Crippen molar-refractivity contribution < 1.29 is 4.74 Å². The van der Waals surface area contributed by atoms with Gasteiger partial charge in [-0.1, -0.05) is 6.07 Å². The van der Waals surface area contributed by atoms with Gasteiger partial charge in [0, 0.05) is 18.3 Å². The lowest BCUT2D eigenvalue weighted by Gasteiger charge is -2.20. The molecule has 3 N–H and O–H groups in total. The number of aliphatic imine (C=N–C) groups is 1. The number of ether oxygens (including phenoxy) is 1. The summed E-state index contributed by atoms with van der Waals surface area (Å²) in [6.45, 7) is 6.53. The molecule has 1 aliphatic carbocycles. The van der Waals surface area contributed by atoms with Crippen molar-refractivity contribution in [1.82, 2.24) is 10.3 Å². The van der Waals surface area contributed by atoms with Gasteiger partial charge in [0.25, 0.3) is 0 Å². The van der Waals surface area contributed by atoms with Crippen LogP contribution in [0.5, 0.6) is 5.88 Å². The topological polar surface area (TPSA) is 72.5 Å². The van der Waals surface area contributed by atoms with Gasteiger partial charge in [-0.3, -0.25) is 0 Å². The van der Waals surface area contributed by atoms with E-state index in [1.54, 1.807) is 6.20 Å². The second-order valence-corrected chi connectivity index (χ2v) is 5.84. The van der Waals surface area contributed by atoms with Gasteiger partial charge in [-0.05, 0) is 39.2 Å². The molecule has 0 atom stereocenters. The number of aromatic nitrogens is 1. The van der Waals surface area contributed by atoms with E-state index in [4.69, 9.17) is 10.5 Å².